The maximum Gasteiger partial charge on any atom is 0.233 e. The maximum absolute atomic E-state index is 12.1. The molecule has 2 aromatic heterocycles. The van der Waals surface area contributed by atoms with E-state index in [4.69, 9.17) is 4.42 Å². The maximum atomic E-state index is 12.1. The highest BCUT2D eigenvalue weighted by Gasteiger charge is 2.22. The smallest absolute Gasteiger partial charge is 0.233 e. The fourth-order valence-electron chi connectivity index (χ4n) is 1.61. The molecule has 0 radical (unpaired) electrons. The SMILES string of the molecule is CC(Sc1nnnn1Cc1ccco1)C(=O)NC(C)(C)C. The number of hydrogen-bond donors (Lipinski definition) is 1. The summed E-state index contributed by atoms with van der Waals surface area (Å²) in [4.78, 5) is 12.1. The largest absolute Gasteiger partial charge is 0.467 e. The quantitative estimate of drug-likeness (QED) is 0.846. The van der Waals surface area contributed by atoms with Crippen LogP contribution in [0.5, 0.6) is 0 Å². The van der Waals surface area contributed by atoms with Crippen LogP contribution in [-0.4, -0.2) is 36.9 Å². The molecule has 2 heterocycles. The molecular weight excluding hydrogens is 290 g/mol. The highest BCUT2D eigenvalue weighted by Crippen LogP contribution is 2.21. The number of carbonyl (C=O) groups excluding carboxylic acids is 1. The van der Waals surface area contributed by atoms with Crippen LogP contribution in [0.2, 0.25) is 0 Å². The molecule has 1 unspecified atom stereocenters. The third kappa shape index (κ3) is 4.59. The van der Waals surface area contributed by atoms with Gasteiger partial charge in [0, 0.05) is 5.54 Å². The van der Waals surface area contributed by atoms with Crippen LogP contribution in [0.3, 0.4) is 0 Å². The van der Waals surface area contributed by atoms with Crippen molar-refractivity contribution in [3.63, 3.8) is 0 Å². The number of furan rings is 1. The lowest BCUT2D eigenvalue weighted by Crippen LogP contribution is -2.44. The molecule has 0 aliphatic rings. The molecule has 2 aromatic rings. The number of thioether (sulfide) groups is 1. The van der Waals surface area contributed by atoms with Gasteiger partial charge in [0.2, 0.25) is 11.1 Å². The number of nitrogens with one attached hydrogen (secondary N) is 1. The molecule has 0 aliphatic carbocycles. The summed E-state index contributed by atoms with van der Waals surface area (Å²) in [5.74, 6) is 0.719. The minimum atomic E-state index is -0.287. The van der Waals surface area contributed by atoms with Crippen LogP contribution in [0, 0.1) is 0 Å². The van der Waals surface area contributed by atoms with Gasteiger partial charge in [0.15, 0.2) is 0 Å². The van der Waals surface area contributed by atoms with Crippen LogP contribution in [0.25, 0.3) is 0 Å². The number of carbonyl (C=O) groups is 1. The molecule has 0 fully saturated rings. The van der Waals surface area contributed by atoms with Crippen LogP contribution in [0.4, 0.5) is 0 Å². The Morgan fingerprint density at radius 2 is 2.29 bits per heavy atom. The molecule has 0 bridgehead atoms. The molecule has 0 saturated heterocycles. The van der Waals surface area contributed by atoms with E-state index in [1.54, 1.807) is 10.9 Å². The van der Waals surface area contributed by atoms with Crippen molar-refractivity contribution in [1.82, 2.24) is 25.5 Å². The highest BCUT2D eigenvalue weighted by molar-refractivity contribution is 8.00. The van der Waals surface area contributed by atoms with Gasteiger partial charge >= 0.3 is 0 Å². The average Bonchev–Trinajstić information content (AvgIpc) is 3.00. The number of rotatable bonds is 5. The van der Waals surface area contributed by atoms with E-state index >= 15 is 0 Å². The predicted octanol–water partition coefficient (Wildman–Crippen LogP) is 1.71. The monoisotopic (exact) mass is 309 g/mol. The van der Waals surface area contributed by atoms with Gasteiger partial charge in [0.1, 0.15) is 12.3 Å². The van der Waals surface area contributed by atoms with Crippen molar-refractivity contribution in [2.45, 2.75) is 50.2 Å². The lowest BCUT2D eigenvalue weighted by atomic mass is 10.1. The zero-order valence-electron chi connectivity index (χ0n) is 12.5. The zero-order valence-corrected chi connectivity index (χ0v) is 13.3. The number of aromatic nitrogens is 4. The normalized spacial score (nSPS) is 13.1. The Balaban J connectivity index is 2.00. The lowest BCUT2D eigenvalue weighted by Gasteiger charge is -2.22. The Kier molecular flexibility index (Phi) is 4.66. The van der Waals surface area contributed by atoms with E-state index in [1.807, 2.05) is 39.8 Å². The summed E-state index contributed by atoms with van der Waals surface area (Å²) in [5.41, 5.74) is -0.258. The van der Waals surface area contributed by atoms with Crippen molar-refractivity contribution in [2.24, 2.45) is 0 Å². The van der Waals surface area contributed by atoms with E-state index in [9.17, 15) is 4.79 Å². The second-order valence-corrected chi connectivity index (χ2v) is 7.01. The summed E-state index contributed by atoms with van der Waals surface area (Å²) in [6, 6.07) is 3.66. The number of tetrazole rings is 1. The number of nitrogens with zero attached hydrogens (tertiary/aromatic N) is 4. The van der Waals surface area contributed by atoms with E-state index < -0.39 is 0 Å². The van der Waals surface area contributed by atoms with Gasteiger partial charge in [-0.25, -0.2) is 4.68 Å². The predicted molar refractivity (Wildman–Crippen MR) is 78.8 cm³/mol. The molecule has 0 aliphatic heterocycles. The summed E-state index contributed by atoms with van der Waals surface area (Å²) >= 11 is 1.32. The van der Waals surface area contributed by atoms with Gasteiger partial charge in [-0.15, -0.1) is 5.10 Å². The molecule has 0 saturated carbocycles. The van der Waals surface area contributed by atoms with E-state index in [1.165, 1.54) is 11.8 Å². The first kappa shape index (κ1) is 15.6. The van der Waals surface area contributed by atoms with Crippen LogP contribution >= 0.6 is 11.8 Å². The molecule has 1 atom stereocenters. The lowest BCUT2D eigenvalue weighted by molar-refractivity contribution is -0.121. The van der Waals surface area contributed by atoms with E-state index in [0.717, 1.165) is 5.76 Å². The van der Waals surface area contributed by atoms with Crippen molar-refractivity contribution >= 4 is 17.7 Å². The average molecular weight is 309 g/mol. The molecular formula is C13H19N5O2S. The van der Waals surface area contributed by atoms with Gasteiger partial charge in [-0.2, -0.15) is 0 Å². The molecule has 8 heteroatoms. The topological polar surface area (TPSA) is 85.8 Å². The minimum Gasteiger partial charge on any atom is -0.467 e. The number of amides is 1. The molecule has 2 rings (SSSR count). The van der Waals surface area contributed by atoms with Crippen LogP contribution in [0.15, 0.2) is 28.0 Å². The second-order valence-electron chi connectivity index (χ2n) is 5.70. The van der Waals surface area contributed by atoms with Gasteiger partial charge in [-0.05, 0) is 50.3 Å². The Morgan fingerprint density at radius 1 is 1.52 bits per heavy atom. The van der Waals surface area contributed by atoms with Crippen molar-refractivity contribution in [1.29, 1.82) is 0 Å². The first-order valence-electron chi connectivity index (χ1n) is 6.62. The Morgan fingerprint density at radius 3 is 2.90 bits per heavy atom. The van der Waals surface area contributed by atoms with E-state index in [2.05, 4.69) is 20.8 Å². The van der Waals surface area contributed by atoms with Crippen molar-refractivity contribution in [2.75, 3.05) is 0 Å². The summed E-state index contributed by atoms with van der Waals surface area (Å²) < 4.78 is 6.89. The Hall–Kier alpha value is -1.83. The Bertz CT molecular complexity index is 588. The van der Waals surface area contributed by atoms with Gasteiger partial charge in [-0.1, -0.05) is 11.8 Å². The van der Waals surface area contributed by atoms with Gasteiger partial charge in [0.05, 0.1) is 11.5 Å². The van der Waals surface area contributed by atoms with Gasteiger partial charge in [0.25, 0.3) is 0 Å². The van der Waals surface area contributed by atoms with Crippen molar-refractivity contribution < 1.29 is 9.21 Å². The molecule has 1 amide bonds. The van der Waals surface area contributed by atoms with Crippen molar-refractivity contribution in [3.05, 3.63) is 24.2 Å². The molecule has 0 aromatic carbocycles. The van der Waals surface area contributed by atoms with Gasteiger partial charge < -0.3 is 9.73 Å². The van der Waals surface area contributed by atoms with E-state index in [-0.39, 0.29) is 16.7 Å². The molecule has 21 heavy (non-hydrogen) atoms. The molecule has 7 nitrogen and oxygen atoms in total. The fourth-order valence-corrected chi connectivity index (χ4v) is 2.40. The molecule has 0 spiro atoms. The summed E-state index contributed by atoms with van der Waals surface area (Å²) in [6.45, 7) is 8.11. The summed E-state index contributed by atoms with van der Waals surface area (Å²) in [7, 11) is 0. The van der Waals surface area contributed by atoms with Gasteiger partial charge in [-0.3, -0.25) is 4.79 Å². The van der Waals surface area contributed by atoms with Crippen molar-refractivity contribution in [3.8, 4) is 0 Å². The first-order valence-corrected chi connectivity index (χ1v) is 7.50. The Labute approximate surface area is 127 Å². The van der Waals surface area contributed by atoms with E-state index in [0.29, 0.717) is 11.7 Å². The summed E-state index contributed by atoms with van der Waals surface area (Å²) in [5, 5.41) is 14.8. The minimum absolute atomic E-state index is 0.0416. The van der Waals surface area contributed by atoms with Crippen LogP contribution in [-0.2, 0) is 11.3 Å². The van der Waals surface area contributed by atoms with Crippen LogP contribution < -0.4 is 5.32 Å². The fraction of sp³-hybridized carbons (Fsp3) is 0.538. The highest BCUT2D eigenvalue weighted by atomic mass is 32.2. The molecule has 114 valence electrons. The molecule has 1 N–H and O–H groups in total. The second kappa shape index (κ2) is 6.30. The zero-order chi connectivity index (χ0) is 15.5. The van der Waals surface area contributed by atoms with Crippen LogP contribution in [0.1, 0.15) is 33.5 Å². The summed E-state index contributed by atoms with van der Waals surface area (Å²) in [6.07, 6.45) is 1.60. The third-order valence-corrected chi connectivity index (χ3v) is 3.61. The number of hydrogen-bond acceptors (Lipinski definition) is 6. The standard InChI is InChI=1S/C13H19N5O2S/c1-9(11(19)14-13(2,3)4)21-12-15-16-17-18(12)8-10-6-5-7-20-10/h5-7,9H,8H2,1-4H3,(H,14,19). The third-order valence-electron chi connectivity index (χ3n) is 2.53. The first-order chi connectivity index (χ1) is 9.85.